The van der Waals surface area contributed by atoms with Crippen molar-refractivity contribution in [3.05, 3.63) is 186 Å². The molecule has 0 aliphatic heterocycles. The highest BCUT2D eigenvalue weighted by molar-refractivity contribution is 6.07. The first-order valence-corrected chi connectivity index (χ1v) is 20.4. The van der Waals surface area contributed by atoms with Gasteiger partial charge in [0.05, 0.1) is 32.9 Å². The van der Waals surface area contributed by atoms with Crippen LogP contribution in [0, 0.1) is 27.7 Å². The summed E-state index contributed by atoms with van der Waals surface area (Å²) in [7, 11) is 0. The number of rotatable bonds is 10. The topological polar surface area (TPSA) is 155 Å². The zero-order valence-electron chi connectivity index (χ0n) is 35.4. The van der Waals surface area contributed by atoms with Crippen molar-refractivity contribution in [1.82, 2.24) is 19.8 Å². The summed E-state index contributed by atoms with van der Waals surface area (Å²) < 4.78 is 13.8. The third-order valence-electron chi connectivity index (χ3n) is 11.7. The first-order valence-electron chi connectivity index (χ1n) is 20.4. The summed E-state index contributed by atoms with van der Waals surface area (Å²) in [5.41, 5.74) is 1.93. The lowest BCUT2D eigenvalue weighted by atomic mass is 9.99. The van der Waals surface area contributed by atoms with E-state index < -0.39 is 22.2 Å². The van der Waals surface area contributed by atoms with E-state index in [9.17, 15) is 28.8 Å². The number of hydrogen-bond acceptors (Lipinski definition) is 8. The minimum absolute atomic E-state index is 0.0669. The Balaban J connectivity index is 1.09. The maximum atomic E-state index is 14.0. The molecule has 0 bridgehead atoms. The summed E-state index contributed by atoms with van der Waals surface area (Å²) in [4.78, 5) is 79.0. The zero-order valence-corrected chi connectivity index (χ0v) is 35.4. The number of hydrogen-bond donors (Lipinski definition) is 2. The SMILES string of the molecule is C=CC(=O)NCOc1cc(C)c(-n2c(=O)c3cc4cc5ccc6cc7cc8c(=O)n(-c9c(C)cc(OCNC(=O)C=C)cc9C)c(=O)c8cc7cc6ccc5cc4cc3c2=O)c(C)c1. The molecule has 0 aliphatic carbocycles. The average Bonchev–Trinajstić information content (AvgIpc) is 3.63. The number of aryl methyl sites for hydroxylation is 4. The Hall–Kier alpha value is -8.38. The second-order valence-electron chi connectivity index (χ2n) is 15.9. The molecule has 2 heterocycles. The van der Waals surface area contributed by atoms with Crippen LogP contribution in [0.4, 0.5) is 0 Å². The molecule has 64 heavy (non-hydrogen) atoms. The van der Waals surface area contributed by atoms with E-state index in [1.807, 2.05) is 48.5 Å². The lowest BCUT2D eigenvalue weighted by Crippen LogP contribution is -2.26. The van der Waals surface area contributed by atoms with Gasteiger partial charge in [0.2, 0.25) is 11.8 Å². The normalized spacial score (nSPS) is 11.4. The van der Waals surface area contributed by atoms with Crippen molar-refractivity contribution in [2.24, 2.45) is 0 Å². The number of fused-ring (bicyclic) bond motifs is 6. The van der Waals surface area contributed by atoms with Crippen LogP contribution in [0.2, 0.25) is 0 Å². The molecule has 2 amide bonds. The van der Waals surface area contributed by atoms with Crippen LogP contribution in [0.1, 0.15) is 22.3 Å². The molecule has 0 unspecified atom stereocenters. The molecule has 0 saturated heterocycles. The Morgan fingerprint density at radius 3 is 0.969 bits per heavy atom. The van der Waals surface area contributed by atoms with Crippen LogP contribution in [0.3, 0.4) is 0 Å². The standard InChI is InChI=1S/C52H40N4O8/c1-7-45(57)53-25-63-39-13-27(3)47(28(4)14-39)55-49(59)41-21-35-17-31-9-11-33-19-37-23-43-44(24-38(37)20-34(33)12-10-32(31)18-36(35)22-42(41)50(55)60)52(62)56(51(43)61)48-29(5)15-40(16-30(48)6)64-26-54-46(58)8-2/h7-24H,1-2,25-26H2,3-6H3,(H,53,57)(H,54,58). The van der Waals surface area contributed by atoms with Crippen LogP contribution in [-0.4, -0.2) is 34.4 Å². The molecule has 9 aromatic rings. The van der Waals surface area contributed by atoms with Crippen LogP contribution in [0.25, 0.3) is 76.0 Å². The molecule has 0 aliphatic rings. The largest absolute Gasteiger partial charge is 0.473 e. The number of carbonyl (C=O) groups is 2. The van der Waals surface area contributed by atoms with Gasteiger partial charge in [-0.1, -0.05) is 37.4 Å². The third kappa shape index (κ3) is 7.00. The van der Waals surface area contributed by atoms with Crippen LogP contribution >= 0.6 is 0 Å². The van der Waals surface area contributed by atoms with E-state index in [1.54, 1.807) is 76.2 Å². The summed E-state index contributed by atoms with van der Waals surface area (Å²) in [6.45, 7) is 13.9. The Labute approximate surface area is 364 Å². The molecule has 12 nitrogen and oxygen atoms in total. The number of carbonyl (C=O) groups excluding carboxylic acids is 2. The average molecular weight is 849 g/mol. The van der Waals surface area contributed by atoms with Gasteiger partial charge in [-0.2, -0.15) is 0 Å². The van der Waals surface area contributed by atoms with Gasteiger partial charge in [-0.15, -0.1) is 0 Å². The summed E-state index contributed by atoms with van der Waals surface area (Å²) in [5, 5.41) is 13.2. The predicted molar refractivity (Wildman–Crippen MR) is 253 cm³/mol. The van der Waals surface area contributed by atoms with Gasteiger partial charge in [0.1, 0.15) is 11.5 Å². The maximum absolute atomic E-state index is 14.0. The van der Waals surface area contributed by atoms with Gasteiger partial charge >= 0.3 is 0 Å². The summed E-state index contributed by atoms with van der Waals surface area (Å²) in [6.07, 6.45) is 2.30. The first kappa shape index (κ1) is 41.0. The molecule has 9 rings (SSSR count). The molecular weight excluding hydrogens is 809 g/mol. The quantitative estimate of drug-likeness (QED) is 0.106. The Morgan fingerprint density at radius 1 is 0.453 bits per heavy atom. The molecule has 2 aromatic heterocycles. The Kier molecular flexibility index (Phi) is 10.1. The van der Waals surface area contributed by atoms with Gasteiger partial charge < -0.3 is 20.1 Å². The fourth-order valence-corrected chi connectivity index (χ4v) is 8.72. The van der Waals surface area contributed by atoms with Crippen LogP contribution in [0.5, 0.6) is 11.5 Å². The van der Waals surface area contributed by atoms with E-state index in [1.165, 1.54) is 9.13 Å². The summed E-state index contributed by atoms with van der Waals surface area (Å²) >= 11 is 0. The number of amides is 2. The smallest absolute Gasteiger partial charge is 0.266 e. The minimum atomic E-state index is -0.418. The summed E-state index contributed by atoms with van der Waals surface area (Å²) in [6, 6.07) is 30.0. The highest BCUT2D eigenvalue weighted by atomic mass is 16.5. The van der Waals surface area contributed by atoms with Gasteiger partial charge in [-0.25, -0.2) is 9.13 Å². The van der Waals surface area contributed by atoms with E-state index in [0.29, 0.717) is 66.7 Å². The summed E-state index contributed by atoms with van der Waals surface area (Å²) in [5.74, 6) is 0.215. The number of nitrogens with zero attached hydrogens (tertiary/aromatic N) is 2. The molecule has 0 radical (unpaired) electrons. The highest BCUT2D eigenvalue weighted by Gasteiger charge is 2.21. The van der Waals surface area contributed by atoms with E-state index in [0.717, 1.165) is 55.2 Å². The molecule has 12 heteroatoms. The molecular formula is C52H40N4O8. The van der Waals surface area contributed by atoms with Crippen molar-refractivity contribution >= 4 is 76.4 Å². The van der Waals surface area contributed by atoms with E-state index in [4.69, 9.17) is 9.47 Å². The first-order chi connectivity index (χ1) is 30.7. The lowest BCUT2D eigenvalue weighted by molar-refractivity contribution is -0.118. The van der Waals surface area contributed by atoms with Crippen LogP contribution in [-0.2, 0) is 9.59 Å². The van der Waals surface area contributed by atoms with E-state index >= 15 is 0 Å². The van der Waals surface area contributed by atoms with Gasteiger partial charge in [-0.05, 0) is 178 Å². The third-order valence-corrected chi connectivity index (χ3v) is 11.7. The van der Waals surface area contributed by atoms with Gasteiger partial charge in [-0.3, -0.25) is 28.8 Å². The van der Waals surface area contributed by atoms with Crippen molar-refractivity contribution in [1.29, 1.82) is 0 Å². The molecule has 7 aromatic carbocycles. The second-order valence-corrected chi connectivity index (χ2v) is 15.9. The maximum Gasteiger partial charge on any atom is 0.266 e. The Bertz CT molecular complexity index is 3340. The number of aromatic nitrogens is 2. The minimum Gasteiger partial charge on any atom is -0.473 e. The molecule has 0 spiro atoms. The van der Waals surface area contributed by atoms with Crippen molar-refractivity contribution in [3.63, 3.8) is 0 Å². The van der Waals surface area contributed by atoms with Crippen molar-refractivity contribution in [2.75, 3.05) is 13.5 Å². The number of ether oxygens (including phenoxy) is 2. The van der Waals surface area contributed by atoms with Gasteiger partial charge in [0, 0.05) is 0 Å². The molecule has 2 N–H and O–H groups in total. The monoisotopic (exact) mass is 848 g/mol. The molecule has 316 valence electrons. The fourth-order valence-electron chi connectivity index (χ4n) is 8.72. The molecule has 0 fully saturated rings. The van der Waals surface area contributed by atoms with Gasteiger partial charge in [0.15, 0.2) is 13.5 Å². The predicted octanol–water partition coefficient (Wildman–Crippen LogP) is 7.58. The molecule has 0 atom stereocenters. The number of nitrogens with one attached hydrogen (secondary N) is 2. The number of benzene rings is 6. The van der Waals surface area contributed by atoms with E-state index in [2.05, 4.69) is 23.8 Å². The van der Waals surface area contributed by atoms with Crippen molar-refractivity contribution < 1.29 is 19.1 Å². The highest BCUT2D eigenvalue weighted by Crippen LogP contribution is 2.31. The van der Waals surface area contributed by atoms with Crippen LogP contribution < -0.4 is 42.3 Å². The fraction of sp³-hybridized carbons (Fsp3) is 0.115. The van der Waals surface area contributed by atoms with Crippen molar-refractivity contribution in [3.8, 4) is 22.9 Å². The zero-order chi connectivity index (χ0) is 45.1. The van der Waals surface area contributed by atoms with Crippen LogP contribution in [0.15, 0.2) is 142 Å². The molecule has 0 saturated carbocycles. The van der Waals surface area contributed by atoms with E-state index in [-0.39, 0.29) is 25.3 Å². The Morgan fingerprint density at radius 2 is 0.719 bits per heavy atom. The lowest BCUT2D eigenvalue weighted by Gasteiger charge is -2.13. The van der Waals surface area contributed by atoms with Crippen molar-refractivity contribution in [2.45, 2.75) is 27.7 Å². The second kappa shape index (κ2) is 15.8. The van der Waals surface area contributed by atoms with Gasteiger partial charge in [0.25, 0.3) is 22.2 Å².